The van der Waals surface area contributed by atoms with E-state index < -0.39 is 0 Å². The van der Waals surface area contributed by atoms with Crippen molar-refractivity contribution in [2.75, 3.05) is 13.2 Å². The van der Waals surface area contributed by atoms with Gasteiger partial charge in [0.25, 0.3) is 0 Å². The number of ether oxygens (including phenoxy) is 2. The van der Waals surface area contributed by atoms with Crippen molar-refractivity contribution in [3.63, 3.8) is 0 Å². The Morgan fingerprint density at radius 2 is 1.43 bits per heavy atom. The van der Waals surface area contributed by atoms with Crippen LogP contribution in [0.2, 0.25) is 0 Å². The first-order valence-electron chi connectivity index (χ1n) is 7.54. The van der Waals surface area contributed by atoms with Crippen LogP contribution in [0.15, 0.2) is 54.6 Å². The number of carbonyl (C=O) groups excluding carboxylic acids is 2. The first-order chi connectivity index (χ1) is 11.1. The standard InChI is InChI=1S/C15H14O2.C4H8O2/c1-2-17-15(16)14-10-6-9-13(11-14)12-7-4-3-5-8-12;1-3-6-4(2)5/h3-11H,2H2,1H3;3H2,1-2H3. The zero-order valence-electron chi connectivity index (χ0n) is 13.7. The van der Waals surface area contributed by atoms with E-state index in [-0.39, 0.29) is 11.9 Å². The van der Waals surface area contributed by atoms with Crippen LogP contribution in [0.4, 0.5) is 0 Å². The Morgan fingerprint density at radius 1 is 0.826 bits per heavy atom. The van der Waals surface area contributed by atoms with E-state index in [1.165, 1.54) is 6.92 Å². The molecule has 0 aromatic heterocycles. The van der Waals surface area contributed by atoms with E-state index in [0.717, 1.165) is 11.1 Å². The van der Waals surface area contributed by atoms with Crippen molar-refractivity contribution in [3.8, 4) is 11.1 Å². The predicted molar refractivity (Wildman–Crippen MR) is 90.1 cm³/mol. The topological polar surface area (TPSA) is 52.6 Å². The summed E-state index contributed by atoms with van der Waals surface area (Å²) in [5.74, 6) is -0.484. The maximum Gasteiger partial charge on any atom is 0.338 e. The van der Waals surface area contributed by atoms with Gasteiger partial charge in [-0.2, -0.15) is 0 Å². The maximum atomic E-state index is 11.6. The highest BCUT2D eigenvalue weighted by atomic mass is 16.5. The zero-order chi connectivity index (χ0) is 17.1. The second kappa shape index (κ2) is 10.2. The van der Waals surface area contributed by atoms with Gasteiger partial charge in [0.2, 0.25) is 0 Å². The Bertz CT molecular complexity index is 620. The quantitative estimate of drug-likeness (QED) is 0.797. The van der Waals surface area contributed by atoms with Gasteiger partial charge < -0.3 is 9.47 Å². The Hall–Kier alpha value is -2.62. The minimum Gasteiger partial charge on any atom is -0.466 e. The van der Waals surface area contributed by atoms with Gasteiger partial charge in [0, 0.05) is 6.92 Å². The van der Waals surface area contributed by atoms with Crippen molar-refractivity contribution in [2.24, 2.45) is 0 Å². The van der Waals surface area contributed by atoms with Gasteiger partial charge in [-0.15, -0.1) is 0 Å². The molecule has 0 atom stereocenters. The molecule has 23 heavy (non-hydrogen) atoms. The maximum absolute atomic E-state index is 11.6. The molecule has 0 aliphatic rings. The molecule has 0 aliphatic heterocycles. The third-order valence-electron chi connectivity index (χ3n) is 2.83. The third-order valence-corrected chi connectivity index (χ3v) is 2.83. The molecular formula is C19H22O4. The Labute approximate surface area is 137 Å². The first-order valence-corrected chi connectivity index (χ1v) is 7.54. The molecule has 0 radical (unpaired) electrons. The van der Waals surface area contributed by atoms with Crippen molar-refractivity contribution in [2.45, 2.75) is 20.8 Å². The number of esters is 2. The van der Waals surface area contributed by atoms with E-state index in [0.29, 0.717) is 18.8 Å². The van der Waals surface area contributed by atoms with Crippen molar-refractivity contribution < 1.29 is 19.1 Å². The third kappa shape index (κ3) is 6.78. The lowest BCUT2D eigenvalue weighted by Crippen LogP contribution is -2.04. The van der Waals surface area contributed by atoms with Crippen LogP contribution in [0, 0.1) is 0 Å². The van der Waals surface area contributed by atoms with E-state index in [4.69, 9.17) is 4.74 Å². The second-order valence-corrected chi connectivity index (χ2v) is 4.59. The summed E-state index contributed by atoms with van der Waals surface area (Å²) in [6, 6.07) is 17.4. The van der Waals surface area contributed by atoms with Crippen molar-refractivity contribution in [3.05, 3.63) is 60.2 Å². The fourth-order valence-corrected chi connectivity index (χ4v) is 1.87. The van der Waals surface area contributed by atoms with Gasteiger partial charge in [-0.3, -0.25) is 4.79 Å². The molecule has 0 saturated carbocycles. The second-order valence-electron chi connectivity index (χ2n) is 4.59. The summed E-state index contributed by atoms with van der Waals surface area (Å²) in [6.07, 6.45) is 0. The summed E-state index contributed by atoms with van der Waals surface area (Å²) < 4.78 is 9.38. The fraction of sp³-hybridized carbons (Fsp3) is 0.263. The van der Waals surface area contributed by atoms with Crippen LogP contribution in [0.1, 0.15) is 31.1 Å². The number of hydrogen-bond acceptors (Lipinski definition) is 4. The molecule has 4 heteroatoms. The van der Waals surface area contributed by atoms with Crippen molar-refractivity contribution >= 4 is 11.9 Å². The molecule has 122 valence electrons. The molecule has 4 nitrogen and oxygen atoms in total. The Morgan fingerprint density at radius 3 is 1.96 bits per heavy atom. The molecule has 0 spiro atoms. The van der Waals surface area contributed by atoms with Crippen LogP contribution >= 0.6 is 0 Å². The summed E-state index contributed by atoms with van der Waals surface area (Å²) in [7, 11) is 0. The van der Waals surface area contributed by atoms with Gasteiger partial charge in [-0.25, -0.2) is 4.79 Å². The molecule has 0 fully saturated rings. The predicted octanol–water partition coefficient (Wildman–Crippen LogP) is 4.10. The van der Waals surface area contributed by atoms with Gasteiger partial charge in [0.15, 0.2) is 0 Å². The number of carbonyl (C=O) groups is 2. The number of rotatable bonds is 4. The summed E-state index contributed by atoms with van der Waals surface area (Å²) >= 11 is 0. The molecule has 0 N–H and O–H groups in total. The van der Waals surface area contributed by atoms with Crippen LogP contribution in [0.5, 0.6) is 0 Å². The minimum absolute atomic E-state index is 0.211. The summed E-state index contributed by atoms with van der Waals surface area (Å²) in [5, 5.41) is 0. The molecule has 0 amide bonds. The Balaban J connectivity index is 0.000000379. The van der Waals surface area contributed by atoms with Crippen LogP contribution in [0.25, 0.3) is 11.1 Å². The molecular weight excluding hydrogens is 292 g/mol. The highest BCUT2D eigenvalue weighted by molar-refractivity contribution is 5.91. The highest BCUT2D eigenvalue weighted by Gasteiger charge is 2.07. The van der Waals surface area contributed by atoms with E-state index in [1.54, 1.807) is 19.9 Å². The van der Waals surface area contributed by atoms with Crippen LogP contribution in [-0.2, 0) is 14.3 Å². The van der Waals surface area contributed by atoms with E-state index in [2.05, 4.69) is 4.74 Å². The van der Waals surface area contributed by atoms with E-state index in [9.17, 15) is 9.59 Å². The summed E-state index contributed by atoms with van der Waals surface area (Å²) in [5.41, 5.74) is 2.71. The molecule has 2 aromatic rings. The van der Waals surface area contributed by atoms with Gasteiger partial charge in [-0.1, -0.05) is 42.5 Å². The lowest BCUT2D eigenvalue weighted by molar-refractivity contribution is -0.140. The zero-order valence-corrected chi connectivity index (χ0v) is 13.7. The average Bonchev–Trinajstić information content (AvgIpc) is 2.56. The van der Waals surface area contributed by atoms with Gasteiger partial charge >= 0.3 is 11.9 Å². The molecule has 0 saturated heterocycles. The smallest absolute Gasteiger partial charge is 0.338 e. The Kier molecular flexibility index (Phi) is 8.14. The molecule has 2 aromatic carbocycles. The lowest BCUT2D eigenvalue weighted by atomic mass is 10.0. The SMILES string of the molecule is CCOC(=O)c1cccc(-c2ccccc2)c1.CCOC(C)=O. The molecule has 0 bridgehead atoms. The largest absolute Gasteiger partial charge is 0.466 e. The average molecular weight is 314 g/mol. The van der Waals surface area contributed by atoms with Crippen LogP contribution in [-0.4, -0.2) is 25.2 Å². The lowest BCUT2D eigenvalue weighted by Gasteiger charge is -2.05. The van der Waals surface area contributed by atoms with Crippen LogP contribution < -0.4 is 0 Å². The summed E-state index contributed by atoms with van der Waals surface area (Å²) in [4.78, 5) is 21.4. The van der Waals surface area contributed by atoms with Crippen molar-refractivity contribution in [1.29, 1.82) is 0 Å². The molecule has 2 rings (SSSR count). The molecule has 0 unspecified atom stereocenters. The molecule has 0 heterocycles. The molecule has 0 aliphatic carbocycles. The van der Waals surface area contributed by atoms with Gasteiger partial charge in [-0.05, 0) is 37.1 Å². The van der Waals surface area contributed by atoms with E-state index in [1.807, 2.05) is 48.5 Å². The minimum atomic E-state index is -0.273. The fourth-order valence-electron chi connectivity index (χ4n) is 1.87. The van der Waals surface area contributed by atoms with Gasteiger partial charge in [0.1, 0.15) is 0 Å². The first kappa shape index (κ1) is 18.4. The number of hydrogen-bond donors (Lipinski definition) is 0. The highest BCUT2D eigenvalue weighted by Crippen LogP contribution is 2.20. The van der Waals surface area contributed by atoms with E-state index >= 15 is 0 Å². The normalized spacial score (nSPS) is 9.35. The monoisotopic (exact) mass is 314 g/mol. The van der Waals surface area contributed by atoms with Gasteiger partial charge in [0.05, 0.1) is 18.8 Å². The number of benzene rings is 2. The summed E-state index contributed by atoms with van der Waals surface area (Å²) in [6.45, 7) is 5.85. The van der Waals surface area contributed by atoms with Crippen LogP contribution in [0.3, 0.4) is 0 Å². The van der Waals surface area contributed by atoms with Crippen molar-refractivity contribution in [1.82, 2.24) is 0 Å².